The van der Waals surface area contributed by atoms with Crippen LogP contribution in [0.3, 0.4) is 0 Å². The summed E-state index contributed by atoms with van der Waals surface area (Å²) in [5.41, 5.74) is 6.29. The van der Waals surface area contributed by atoms with Gasteiger partial charge in [-0.05, 0) is 37.5 Å². The normalized spacial score (nSPS) is 16.7. The molecular formula is C12H19Cl2N3O2. The van der Waals surface area contributed by atoms with Crippen LogP contribution in [0.2, 0.25) is 0 Å². The van der Waals surface area contributed by atoms with Crippen molar-refractivity contribution in [2.24, 2.45) is 5.73 Å². The van der Waals surface area contributed by atoms with Crippen LogP contribution in [0.1, 0.15) is 18.4 Å². The van der Waals surface area contributed by atoms with Gasteiger partial charge < -0.3 is 15.8 Å². The Morgan fingerprint density at radius 2 is 2.05 bits per heavy atom. The molecule has 0 radical (unpaired) electrons. The van der Waals surface area contributed by atoms with Crippen molar-refractivity contribution in [3.8, 4) is 0 Å². The first-order chi connectivity index (χ1) is 8.10. The molecule has 2 rings (SSSR count). The number of halogens is 2. The van der Waals surface area contributed by atoms with Gasteiger partial charge in [0.1, 0.15) is 11.4 Å². The van der Waals surface area contributed by atoms with Gasteiger partial charge >= 0.3 is 0 Å². The Hall–Kier alpha value is -0.880. The summed E-state index contributed by atoms with van der Waals surface area (Å²) in [7, 11) is 0. The van der Waals surface area contributed by atoms with Gasteiger partial charge in [0.2, 0.25) is 5.91 Å². The summed E-state index contributed by atoms with van der Waals surface area (Å²) >= 11 is 0. The first-order valence-corrected chi connectivity index (χ1v) is 5.71. The largest absolute Gasteiger partial charge is 0.381 e. The Balaban J connectivity index is 0.00000162. The minimum absolute atomic E-state index is 0. The molecule has 1 aromatic rings. The number of anilines is 1. The number of carbonyl (C=O) groups is 1. The Morgan fingerprint density at radius 1 is 1.42 bits per heavy atom. The molecule has 5 nitrogen and oxygen atoms in total. The maximum absolute atomic E-state index is 12.1. The quantitative estimate of drug-likeness (QED) is 0.871. The summed E-state index contributed by atoms with van der Waals surface area (Å²) in [5, 5.41) is 2.76. The molecule has 1 aliphatic rings. The van der Waals surface area contributed by atoms with Gasteiger partial charge in [0.25, 0.3) is 0 Å². The standard InChI is InChI=1S/C12H17N3O2.2ClH/c1-9-2-5-14-10(8-9)15-11(16)12(13)3-6-17-7-4-12;;/h2,5,8H,3-4,6-7,13H2,1H3,(H,14,15,16);2*1H. The predicted molar refractivity (Wildman–Crippen MR) is 79.1 cm³/mol. The van der Waals surface area contributed by atoms with Crippen molar-refractivity contribution in [2.75, 3.05) is 18.5 Å². The first-order valence-electron chi connectivity index (χ1n) is 5.71. The monoisotopic (exact) mass is 307 g/mol. The maximum atomic E-state index is 12.1. The number of rotatable bonds is 2. The summed E-state index contributed by atoms with van der Waals surface area (Å²) in [5.74, 6) is 0.366. The minimum Gasteiger partial charge on any atom is -0.381 e. The van der Waals surface area contributed by atoms with Gasteiger partial charge in [-0.1, -0.05) is 0 Å². The van der Waals surface area contributed by atoms with E-state index in [1.54, 1.807) is 6.20 Å². The fraction of sp³-hybridized carbons (Fsp3) is 0.500. The minimum atomic E-state index is -0.830. The molecule has 0 unspecified atom stereocenters. The van der Waals surface area contributed by atoms with E-state index in [0.29, 0.717) is 31.9 Å². The summed E-state index contributed by atoms with van der Waals surface area (Å²) in [4.78, 5) is 16.2. The summed E-state index contributed by atoms with van der Waals surface area (Å²) in [6.07, 6.45) is 2.76. The number of hydrogen-bond acceptors (Lipinski definition) is 4. The van der Waals surface area contributed by atoms with Gasteiger partial charge in [-0.15, -0.1) is 24.8 Å². The molecule has 2 heterocycles. The molecule has 0 atom stereocenters. The predicted octanol–water partition coefficient (Wildman–Crippen LogP) is 1.68. The average Bonchev–Trinajstić information content (AvgIpc) is 2.30. The number of pyridine rings is 1. The highest BCUT2D eigenvalue weighted by Gasteiger charge is 2.36. The molecule has 0 aromatic carbocycles. The van der Waals surface area contributed by atoms with Crippen LogP contribution in [0, 0.1) is 6.92 Å². The van der Waals surface area contributed by atoms with Crippen molar-refractivity contribution in [1.29, 1.82) is 0 Å². The van der Waals surface area contributed by atoms with Crippen molar-refractivity contribution in [3.05, 3.63) is 23.9 Å². The zero-order valence-corrected chi connectivity index (χ0v) is 12.4. The van der Waals surface area contributed by atoms with E-state index in [1.165, 1.54) is 0 Å². The van der Waals surface area contributed by atoms with E-state index in [-0.39, 0.29) is 30.7 Å². The molecule has 1 aliphatic heterocycles. The lowest BCUT2D eigenvalue weighted by Crippen LogP contribution is -2.54. The van der Waals surface area contributed by atoms with Crippen LogP contribution in [0.4, 0.5) is 5.82 Å². The smallest absolute Gasteiger partial charge is 0.245 e. The highest BCUT2D eigenvalue weighted by Crippen LogP contribution is 2.19. The number of nitrogens with one attached hydrogen (secondary N) is 1. The van der Waals surface area contributed by atoms with E-state index in [4.69, 9.17) is 10.5 Å². The van der Waals surface area contributed by atoms with Gasteiger partial charge in [-0.2, -0.15) is 0 Å². The van der Waals surface area contributed by atoms with Crippen molar-refractivity contribution in [2.45, 2.75) is 25.3 Å². The van der Waals surface area contributed by atoms with Crippen molar-refractivity contribution < 1.29 is 9.53 Å². The Kier molecular flexibility index (Phi) is 7.29. The highest BCUT2D eigenvalue weighted by molar-refractivity contribution is 5.97. The van der Waals surface area contributed by atoms with E-state index in [1.807, 2.05) is 19.1 Å². The van der Waals surface area contributed by atoms with Gasteiger partial charge in [0.15, 0.2) is 0 Å². The lowest BCUT2D eigenvalue weighted by Gasteiger charge is -2.31. The van der Waals surface area contributed by atoms with E-state index in [0.717, 1.165) is 5.56 Å². The molecule has 1 saturated heterocycles. The molecule has 1 amide bonds. The molecule has 0 spiro atoms. The first kappa shape index (κ1) is 18.1. The third kappa shape index (κ3) is 4.62. The number of nitrogens with zero attached hydrogens (tertiary/aromatic N) is 1. The fourth-order valence-corrected chi connectivity index (χ4v) is 1.81. The van der Waals surface area contributed by atoms with Crippen LogP contribution in [0.25, 0.3) is 0 Å². The number of hydrogen-bond donors (Lipinski definition) is 2. The van der Waals surface area contributed by atoms with E-state index in [9.17, 15) is 4.79 Å². The van der Waals surface area contributed by atoms with Crippen LogP contribution < -0.4 is 11.1 Å². The lowest BCUT2D eigenvalue weighted by atomic mass is 9.90. The SMILES string of the molecule is Cc1ccnc(NC(=O)C2(N)CCOCC2)c1.Cl.Cl. The van der Waals surface area contributed by atoms with Crippen molar-refractivity contribution in [1.82, 2.24) is 4.98 Å². The maximum Gasteiger partial charge on any atom is 0.245 e. The second-order valence-corrected chi connectivity index (χ2v) is 4.44. The second-order valence-electron chi connectivity index (χ2n) is 4.44. The number of carbonyl (C=O) groups excluding carboxylic acids is 1. The van der Waals surface area contributed by atoms with Crippen LogP contribution in [-0.2, 0) is 9.53 Å². The molecule has 108 valence electrons. The van der Waals surface area contributed by atoms with Crippen LogP contribution in [-0.4, -0.2) is 29.6 Å². The molecule has 19 heavy (non-hydrogen) atoms. The average molecular weight is 308 g/mol. The van der Waals surface area contributed by atoms with Gasteiger partial charge in [0.05, 0.1) is 0 Å². The summed E-state index contributed by atoms with van der Waals surface area (Å²) in [6.45, 7) is 3.01. The van der Waals surface area contributed by atoms with Crippen molar-refractivity contribution in [3.63, 3.8) is 0 Å². The second kappa shape index (κ2) is 7.65. The van der Waals surface area contributed by atoms with Gasteiger partial charge in [-0.3, -0.25) is 4.79 Å². The Bertz CT molecular complexity index is 423. The van der Waals surface area contributed by atoms with Gasteiger partial charge in [0, 0.05) is 19.4 Å². The van der Waals surface area contributed by atoms with E-state index < -0.39 is 5.54 Å². The van der Waals surface area contributed by atoms with Crippen molar-refractivity contribution >= 4 is 36.5 Å². The third-order valence-electron chi connectivity index (χ3n) is 2.99. The van der Waals surface area contributed by atoms with Gasteiger partial charge in [-0.25, -0.2) is 4.98 Å². The number of amides is 1. The number of aryl methyl sites for hydroxylation is 1. The highest BCUT2D eigenvalue weighted by atomic mass is 35.5. The molecule has 0 saturated carbocycles. The van der Waals surface area contributed by atoms with Crippen LogP contribution in [0.5, 0.6) is 0 Å². The summed E-state index contributed by atoms with van der Waals surface area (Å²) < 4.78 is 5.21. The molecule has 3 N–H and O–H groups in total. The molecule has 0 bridgehead atoms. The number of ether oxygens (including phenoxy) is 1. The molecule has 1 fully saturated rings. The summed E-state index contributed by atoms with van der Waals surface area (Å²) in [6, 6.07) is 3.70. The fourth-order valence-electron chi connectivity index (χ4n) is 1.81. The topological polar surface area (TPSA) is 77.2 Å². The molecular weight excluding hydrogens is 289 g/mol. The molecule has 0 aliphatic carbocycles. The molecule has 7 heteroatoms. The van der Waals surface area contributed by atoms with E-state index in [2.05, 4.69) is 10.3 Å². The lowest BCUT2D eigenvalue weighted by molar-refractivity contribution is -0.124. The number of nitrogens with two attached hydrogens (primary N) is 1. The Labute approximate surface area is 125 Å². The molecule has 1 aromatic heterocycles. The third-order valence-corrected chi connectivity index (χ3v) is 2.99. The Morgan fingerprint density at radius 3 is 2.63 bits per heavy atom. The van der Waals surface area contributed by atoms with E-state index >= 15 is 0 Å². The van der Waals surface area contributed by atoms with Crippen LogP contribution in [0.15, 0.2) is 18.3 Å². The number of aromatic nitrogens is 1. The zero-order chi connectivity index (χ0) is 12.3. The zero-order valence-electron chi connectivity index (χ0n) is 10.7. The van der Waals surface area contributed by atoms with Crippen LogP contribution >= 0.6 is 24.8 Å².